The number of methoxy groups -OCH3 is 1. The molecule has 0 heterocycles. The Morgan fingerprint density at radius 1 is 1.38 bits per heavy atom. The van der Waals surface area contributed by atoms with Crippen molar-refractivity contribution in [1.29, 1.82) is 0 Å². The summed E-state index contributed by atoms with van der Waals surface area (Å²) in [6, 6.07) is 7.58. The second-order valence-electron chi connectivity index (χ2n) is 3.89. The third-order valence-electron chi connectivity index (χ3n) is 2.47. The van der Waals surface area contributed by atoms with E-state index in [9.17, 15) is 4.79 Å². The van der Waals surface area contributed by atoms with Crippen molar-refractivity contribution in [3.8, 4) is 0 Å². The first-order chi connectivity index (χ1) is 7.69. The van der Waals surface area contributed by atoms with E-state index in [0.29, 0.717) is 5.56 Å². The van der Waals surface area contributed by atoms with Crippen LogP contribution < -0.4 is 0 Å². The van der Waals surface area contributed by atoms with Crippen LogP contribution in [0.5, 0.6) is 0 Å². The number of nitrogens with zero attached hydrogens (tertiary/aromatic N) is 1. The first kappa shape index (κ1) is 12.7. The Hall–Kier alpha value is -1.35. The van der Waals surface area contributed by atoms with Crippen molar-refractivity contribution in [2.75, 3.05) is 20.7 Å². The lowest BCUT2D eigenvalue weighted by molar-refractivity contribution is 0.0598. The Kier molecular flexibility index (Phi) is 4.99. The molecular formula is C13H19NO2. The lowest BCUT2D eigenvalue weighted by atomic mass is 10.1. The molecule has 16 heavy (non-hydrogen) atoms. The standard InChI is InChI=1S/C13H19NO2/c1-4-9-14(2)10-11-7-5-6-8-12(11)13(15)16-3/h5-8H,4,9-10H2,1-3H3. The minimum absolute atomic E-state index is 0.263. The number of hydrogen-bond donors (Lipinski definition) is 0. The van der Waals surface area contributed by atoms with E-state index >= 15 is 0 Å². The Labute approximate surface area is 97.0 Å². The second-order valence-corrected chi connectivity index (χ2v) is 3.89. The fourth-order valence-corrected chi connectivity index (χ4v) is 1.72. The van der Waals surface area contributed by atoms with Gasteiger partial charge in [-0.15, -0.1) is 0 Å². The Balaban J connectivity index is 2.82. The van der Waals surface area contributed by atoms with Crippen LogP contribution >= 0.6 is 0 Å². The average Bonchev–Trinajstić information content (AvgIpc) is 2.29. The second kappa shape index (κ2) is 6.28. The van der Waals surface area contributed by atoms with Crippen LogP contribution in [0.15, 0.2) is 24.3 Å². The Morgan fingerprint density at radius 3 is 2.69 bits per heavy atom. The Morgan fingerprint density at radius 2 is 2.06 bits per heavy atom. The molecule has 0 unspecified atom stereocenters. The van der Waals surface area contributed by atoms with E-state index in [0.717, 1.165) is 25.1 Å². The molecule has 0 saturated carbocycles. The summed E-state index contributed by atoms with van der Waals surface area (Å²) in [7, 11) is 3.46. The molecule has 3 heteroatoms. The Bertz CT molecular complexity index is 350. The topological polar surface area (TPSA) is 29.5 Å². The molecule has 0 aliphatic rings. The molecule has 1 aromatic rings. The summed E-state index contributed by atoms with van der Waals surface area (Å²) in [4.78, 5) is 13.7. The molecule has 3 nitrogen and oxygen atoms in total. The maximum atomic E-state index is 11.5. The van der Waals surface area contributed by atoms with Gasteiger partial charge < -0.3 is 9.64 Å². The number of carbonyl (C=O) groups is 1. The van der Waals surface area contributed by atoms with Gasteiger partial charge in [-0.3, -0.25) is 0 Å². The van der Waals surface area contributed by atoms with Crippen LogP contribution in [-0.4, -0.2) is 31.6 Å². The van der Waals surface area contributed by atoms with Crippen molar-refractivity contribution in [3.05, 3.63) is 35.4 Å². The van der Waals surface area contributed by atoms with Gasteiger partial charge in [-0.05, 0) is 31.6 Å². The quantitative estimate of drug-likeness (QED) is 0.715. The summed E-state index contributed by atoms with van der Waals surface area (Å²) in [5, 5.41) is 0. The monoisotopic (exact) mass is 221 g/mol. The zero-order chi connectivity index (χ0) is 12.0. The van der Waals surface area contributed by atoms with Gasteiger partial charge in [0.2, 0.25) is 0 Å². The van der Waals surface area contributed by atoms with E-state index in [-0.39, 0.29) is 5.97 Å². The first-order valence-corrected chi connectivity index (χ1v) is 5.53. The molecule has 0 amide bonds. The largest absolute Gasteiger partial charge is 0.465 e. The van der Waals surface area contributed by atoms with Crippen LogP contribution in [0.1, 0.15) is 29.3 Å². The van der Waals surface area contributed by atoms with E-state index in [1.54, 1.807) is 6.07 Å². The summed E-state index contributed by atoms with van der Waals surface area (Å²) in [6.45, 7) is 3.94. The van der Waals surface area contributed by atoms with Crippen LogP contribution in [0, 0.1) is 0 Å². The predicted octanol–water partition coefficient (Wildman–Crippen LogP) is 2.32. The molecule has 0 N–H and O–H groups in total. The molecule has 0 bridgehead atoms. The number of hydrogen-bond acceptors (Lipinski definition) is 3. The highest BCUT2D eigenvalue weighted by atomic mass is 16.5. The van der Waals surface area contributed by atoms with E-state index in [1.807, 2.05) is 18.2 Å². The highest BCUT2D eigenvalue weighted by molar-refractivity contribution is 5.90. The molecule has 0 radical (unpaired) electrons. The van der Waals surface area contributed by atoms with Crippen LogP contribution in [0.25, 0.3) is 0 Å². The lowest BCUT2D eigenvalue weighted by Crippen LogP contribution is -2.20. The third-order valence-corrected chi connectivity index (χ3v) is 2.47. The number of benzene rings is 1. The van der Waals surface area contributed by atoms with Gasteiger partial charge in [-0.2, -0.15) is 0 Å². The minimum atomic E-state index is -0.263. The van der Waals surface area contributed by atoms with Gasteiger partial charge in [0.15, 0.2) is 0 Å². The van der Waals surface area contributed by atoms with E-state index < -0.39 is 0 Å². The van der Waals surface area contributed by atoms with Gasteiger partial charge in [0.05, 0.1) is 12.7 Å². The van der Waals surface area contributed by atoms with Crippen LogP contribution in [-0.2, 0) is 11.3 Å². The summed E-state index contributed by atoms with van der Waals surface area (Å²) in [6.07, 6.45) is 1.11. The number of ether oxygens (including phenoxy) is 1. The summed E-state index contributed by atoms with van der Waals surface area (Å²) >= 11 is 0. The van der Waals surface area contributed by atoms with Gasteiger partial charge in [-0.25, -0.2) is 4.79 Å². The molecule has 0 spiro atoms. The molecule has 0 aromatic heterocycles. The van der Waals surface area contributed by atoms with Gasteiger partial charge in [0.25, 0.3) is 0 Å². The van der Waals surface area contributed by atoms with Crippen molar-refractivity contribution < 1.29 is 9.53 Å². The molecule has 88 valence electrons. The fraction of sp³-hybridized carbons (Fsp3) is 0.462. The van der Waals surface area contributed by atoms with Gasteiger partial charge in [0.1, 0.15) is 0 Å². The van der Waals surface area contributed by atoms with Crippen molar-refractivity contribution >= 4 is 5.97 Å². The molecule has 0 aliphatic heterocycles. The molecule has 1 aromatic carbocycles. The van der Waals surface area contributed by atoms with Gasteiger partial charge in [-0.1, -0.05) is 25.1 Å². The van der Waals surface area contributed by atoms with E-state index in [4.69, 9.17) is 4.74 Å². The number of rotatable bonds is 5. The summed E-state index contributed by atoms with van der Waals surface area (Å²) in [5.41, 5.74) is 1.68. The average molecular weight is 221 g/mol. The van der Waals surface area contributed by atoms with Gasteiger partial charge in [0, 0.05) is 6.54 Å². The van der Waals surface area contributed by atoms with E-state index in [1.165, 1.54) is 7.11 Å². The van der Waals surface area contributed by atoms with Crippen LogP contribution in [0.3, 0.4) is 0 Å². The van der Waals surface area contributed by atoms with Crippen molar-refractivity contribution in [1.82, 2.24) is 4.90 Å². The first-order valence-electron chi connectivity index (χ1n) is 5.53. The van der Waals surface area contributed by atoms with Crippen LogP contribution in [0.4, 0.5) is 0 Å². The smallest absolute Gasteiger partial charge is 0.338 e. The predicted molar refractivity (Wildman–Crippen MR) is 64.4 cm³/mol. The molecule has 0 atom stereocenters. The lowest BCUT2D eigenvalue weighted by Gasteiger charge is -2.17. The number of esters is 1. The van der Waals surface area contributed by atoms with Crippen molar-refractivity contribution in [2.45, 2.75) is 19.9 Å². The number of carbonyl (C=O) groups excluding carboxylic acids is 1. The fourth-order valence-electron chi connectivity index (χ4n) is 1.72. The molecule has 0 saturated heterocycles. The van der Waals surface area contributed by atoms with Gasteiger partial charge >= 0.3 is 5.97 Å². The molecule has 1 rings (SSSR count). The van der Waals surface area contributed by atoms with Crippen molar-refractivity contribution in [3.63, 3.8) is 0 Å². The maximum Gasteiger partial charge on any atom is 0.338 e. The SMILES string of the molecule is CCCN(C)Cc1ccccc1C(=O)OC. The van der Waals surface area contributed by atoms with Crippen LogP contribution in [0.2, 0.25) is 0 Å². The normalized spacial score (nSPS) is 10.5. The molecule has 0 fully saturated rings. The molecular weight excluding hydrogens is 202 g/mol. The third kappa shape index (κ3) is 3.35. The highest BCUT2D eigenvalue weighted by Crippen LogP contribution is 2.12. The van der Waals surface area contributed by atoms with E-state index in [2.05, 4.69) is 18.9 Å². The zero-order valence-corrected chi connectivity index (χ0v) is 10.2. The summed E-state index contributed by atoms with van der Waals surface area (Å²) in [5.74, 6) is -0.263. The maximum absolute atomic E-state index is 11.5. The minimum Gasteiger partial charge on any atom is -0.465 e. The summed E-state index contributed by atoms with van der Waals surface area (Å²) < 4.78 is 4.76. The van der Waals surface area contributed by atoms with Crippen molar-refractivity contribution in [2.24, 2.45) is 0 Å². The highest BCUT2D eigenvalue weighted by Gasteiger charge is 2.11. The molecule has 0 aliphatic carbocycles. The zero-order valence-electron chi connectivity index (χ0n) is 10.2.